The van der Waals surface area contributed by atoms with E-state index in [1.165, 1.54) is 6.08 Å². The minimum atomic E-state index is -0.592. The van der Waals surface area contributed by atoms with Crippen LogP contribution in [0.4, 0.5) is 0 Å². The van der Waals surface area contributed by atoms with E-state index in [4.69, 9.17) is 4.74 Å². The van der Waals surface area contributed by atoms with Crippen molar-refractivity contribution in [2.75, 3.05) is 6.61 Å². The monoisotopic (exact) mass is 454 g/mol. The van der Waals surface area contributed by atoms with Gasteiger partial charge in [-0.15, -0.1) is 0 Å². The van der Waals surface area contributed by atoms with Gasteiger partial charge in [-0.3, -0.25) is 14.5 Å². The number of fused-ring (bicyclic) bond motifs is 1. The molecule has 34 heavy (non-hydrogen) atoms. The summed E-state index contributed by atoms with van der Waals surface area (Å²) in [5, 5.41) is 8.39. The lowest BCUT2D eigenvalue weighted by Crippen LogP contribution is -2.28. The van der Waals surface area contributed by atoms with Gasteiger partial charge in [0.2, 0.25) is 0 Å². The summed E-state index contributed by atoms with van der Waals surface area (Å²) in [6, 6.07) is 19.6. The van der Waals surface area contributed by atoms with Gasteiger partial charge < -0.3 is 10.1 Å². The molecule has 4 rings (SSSR count). The zero-order valence-electron chi connectivity index (χ0n) is 19.2. The molecule has 0 radical (unpaired) electrons. The molecule has 2 aromatic heterocycles. The lowest BCUT2D eigenvalue weighted by Gasteiger charge is -2.07. The largest absolute Gasteiger partial charge is 0.452 e. The standard InChI is InChI=1S/C27H26N4O3/c1-19-24(20(2)31(30-19)17-21-8-4-3-5-9-21)16-29-25(32)18-34-26(33)14-13-23-11-6-10-22-12-7-15-28-27(22)23/h3-15H,16-18H2,1-2H3,(H,29,32). The number of amides is 1. The first-order valence-electron chi connectivity index (χ1n) is 11.0. The SMILES string of the molecule is Cc1nn(Cc2ccccc2)c(C)c1CNC(=O)COC(=O)C=Cc1cccc2cccnc12. The summed E-state index contributed by atoms with van der Waals surface area (Å²) in [5.74, 6) is -0.964. The summed E-state index contributed by atoms with van der Waals surface area (Å²) in [6.45, 7) is 4.53. The number of hydrogen-bond donors (Lipinski definition) is 1. The van der Waals surface area contributed by atoms with E-state index in [0.717, 1.165) is 39.0 Å². The second kappa shape index (κ2) is 10.6. The van der Waals surface area contributed by atoms with E-state index in [2.05, 4.69) is 27.5 Å². The molecule has 2 aromatic carbocycles. The van der Waals surface area contributed by atoms with Crippen LogP contribution in [-0.4, -0.2) is 33.2 Å². The predicted molar refractivity (Wildman–Crippen MR) is 131 cm³/mol. The van der Waals surface area contributed by atoms with Gasteiger partial charge >= 0.3 is 5.97 Å². The minimum Gasteiger partial charge on any atom is -0.452 e. The van der Waals surface area contributed by atoms with E-state index >= 15 is 0 Å². The summed E-state index contributed by atoms with van der Waals surface area (Å²) in [4.78, 5) is 28.7. The quantitative estimate of drug-likeness (QED) is 0.322. The topological polar surface area (TPSA) is 86.1 Å². The molecule has 0 aliphatic rings. The number of para-hydroxylation sites is 1. The van der Waals surface area contributed by atoms with Crippen LogP contribution in [0.5, 0.6) is 0 Å². The van der Waals surface area contributed by atoms with Crippen LogP contribution in [0, 0.1) is 13.8 Å². The first kappa shape index (κ1) is 22.9. The maximum absolute atomic E-state index is 12.2. The lowest BCUT2D eigenvalue weighted by molar-refractivity contribution is -0.143. The van der Waals surface area contributed by atoms with Gasteiger partial charge in [-0.05, 0) is 31.6 Å². The van der Waals surface area contributed by atoms with E-state index in [1.807, 2.05) is 67.1 Å². The fraction of sp³-hybridized carbons (Fsp3) is 0.185. The van der Waals surface area contributed by atoms with Crippen LogP contribution < -0.4 is 5.32 Å². The Morgan fingerprint density at radius 3 is 2.65 bits per heavy atom. The molecule has 4 aromatic rings. The van der Waals surface area contributed by atoms with Crippen LogP contribution in [0.15, 0.2) is 72.9 Å². The van der Waals surface area contributed by atoms with Crippen LogP contribution in [0.1, 0.15) is 28.1 Å². The molecule has 1 amide bonds. The molecule has 0 unspecified atom stereocenters. The molecule has 7 heteroatoms. The van der Waals surface area contributed by atoms with E-state index in [0.29, 0.717) is 13.1 Å². The van der Waals surface area contributed by atoms with Gasteiger partial charge in [0.1, 0.15) is 0 Å². The normalized spacial score (nSPS) is 11.1. The number of rotatable bonds is 8. The number of esters is 1. The number of nitrogens with zero attached hydrogens (tertiary/aromatic N) is 3. The number of aromatic nitrogens is 3. The summed E-state index contributed by atoms with van der Waals surface area (Å²) in [6.07, 6.45) is 4.65. The first-order valence-corrected chi connectivity index (χ1v) is 11.0. The van der Waals surface area contributed by atoms with E-state index in [1.54, 1.807) is 12.3 Å². The maximum Gasteiger partial charge on any atom is 0.331 e. The molecule has 7 nitrogen and oxygen atoms in total. The summed E-state index contributed by atoms with van der Waals surface area (Å²) in [5.41, 5.74) is 5.56. The predicted octanol–water partition coefficient (Wildman–Crippen LogP) is 3.97. The van der Waals surface area contributed by atoms with Crippen molar-refractivity contribution >= 4 is 28.9 Å². The van der Waals surface area contributed by atoms with Crippen molar-refractivity contribution in [2.45, 2.75) is 26.9 Å². The highest BCUT2D eigenvalue weighted by atomic mass is 16.5. The van der Waals surface area contributed by atoms with Crippen LogP contribution in [0.25, 0.3) is 17.0 Å². The fourth-order valence-electron chi connectivity index (χ4n) is 3.74. The van der Waals surface area contributed by atoms with Crippen LogP contribution in [0.2, 0.25) is 0 Å². The molecule has 0 bridgehead atoms. The number of carbonyl (C=O) groups excluding carboxylic acids is 2. The van der Waals surface area contributed by atoms with Gasteiger partial charge in [-0.2, -0.15) is 5.10 Å². The summed E-state index contributed by atoms with van der Waals surface area (Å²) in [7, 11) is 0. The maximum atomic E-state index is 12.2. The zero-order chi connectivity index (χ0) is 23.9. The number of carbonyl (C=O) groups is 2. The van der Waals surface area contributed by atoms with Gasteiger partial charge in [0.15, 0.2) is 6.61 Å². The van der Waals surface area contributed by atoms with Crippen molar-refractivity contribution < 1.29 is 14.3 Å². The van der Waals surface area contributed by atoms with Gasteiger partial charge in [0.25, 0.3) is 5.91 Å². The summed E-state index contributed by atoms with van der Waals surface area (Å²) >= 11 is 0. The molecule has 0 atom stereocenters. The molecule has 0 spiro atoms. The van der Waals surface area contributed by atoms with E-state index in [-0.39, 0.29) is 12.5 Å². The second-order valence-electron chi connectivity index (χ2n) is 7.93. The Morgan fingerprint density at radius 2 is 1.82 bits per heavy atom. The highest BCUT2D eigenvalue weighted by Gasteiger charge is 2.13. The molecule has 2 heterocycles. The molecule has 0 saturated heterocycles. The van der Waals surface area contributed by atoms with Gasteiger partial charge in [0, 0.05) is 41.0 Å². The van der Waals surface area contributed by atoms with Crippen molar-refractivity contribution in [1.29, 1.82) is 0 Å². The average Bonchev–Trinajstić information content (AvgIpc) is 3.12. The van der Waals surface area contributed by atoms with E-state index in [9.17, 15) is 9.59 Å². The fourth-order valence-corrected chi connectivity index (χ4v) is 3.74. The van der Waals surface area contributed by atoms with Crippen molar-refractivity contribution in [2.24, 2.45) is 0 Å². The highest BCUT2D eigenvalue weighted by molar-refractivity contribution is 5.93. The van der Waals surface area contributed by atoms with Gasteiger partial charge in [0.05, 0.1) is 17.8 Å². The molecule has 0 aliphatic carbocycles. The number of aryl methyl sites for hydroxylation is 1. The Labute approximate surface area is 198 Å². The van der Waals surface area contributed by atoms with Gasteiger partial charge in [-0.25, -0.2) is 4.79 Å². The minimum absolute atomic E-state index is 0.320. The third kappa shape index (κ3) is 5.56. The number of nitrogens with one attached hydrogen (secondary N) is 1. The van der Waals surface area contributed by atoms with Crippen LogP contribution >= 0.6 is 0 Å². The Hall–Kier alpha value is -4.26. The second-order valence-corrected chi connectivity index (χ2v) is 7.93. The van der Waals surface area contributed by atoms with Crippen molar-refractivity contribution in [3.63, 3.8) is 0 Å². The first-order chi connectivity index (χ1) is 16.5. The molecule has 0 saturated carbocycles. The number of ether oxygens (including phenoxy) is 1. The van der Waals surface area contributed by atoms with Crippen molar-refractivity contribution in [3.8, 4) is 0 Å². The lowest BCUT2D eigenvalue weighted by atomic mass is 10.1. The third-order valence-corrected chi connectivity index (χ3v) is 5.58. The Kier molecular flexibility index (Phi) is 7.13. The number of pyridine rings is 1. The van der Waals surface area contributed by atoms with Crippen LogP contribution in [-0.2, 0) is 27.4 Å². The Morgan fingerprint density at radius 1 is 1.03 bits per heavy atom. The molecular weight excluding hydrogens is 428 g/mol. The molecule has 1 N–H and O–H groups in total. The Bertz CT molecular complexity index is 1340. The van der Waals surface area contributed by atoms with Gasteiger partial charge in [-0.1, -0.05) is 54.6 Å². The molecule has 172 valence electrons. The molecule has 0 fully saturated rings. The van der Waals surface area contributed by atoms with Crippen LogP contribution in [0.3, 0.4) is 0 Å². The highest BCUT2D eigenvalue weighted by Crippen LogP contribution is 2.17. The smallest absolute Gasteiger partial charge is 0.331 e. The third-order valence-electron chi connectivity index (χ3n) is 5.58. The average molecular weight is 455 g/mol. The van der Waals surface area contributed by atoms with Crippen molar-refractivity contribution in [3.05, 3.63) is 101 Å². The van der Waals surface area contributed by atoms with Crippen molar-refractivity contribution in [1.82, 2.24) is 20.1 Å². The molecule has 0 aliphatic heterocycles. The zero-order valence-corrected chi connectivity index (χ0v) is 19.2. The Balaban J connectivity index is 1.29. The van der Waals surface area contributed by atoms with E-state index < -0.39 is 5.97 Å². The number of hydrogen-bond acceptors (Lipinski definition) is 5. The number of benzene rings is 2. The molecular formula is C27H26N4O3. The summed E-state index contributed by atoms with van der Waals surface area (Å²) < 4.78 is 7.02.